The highest BCUT2D eigenvalue weighted by atomic mass is 32.2. The number of methoxy groups -OCH3 is 1. The van der Waals surface area contributed by atoms with Crippen LogP contribution in [0.2, 0.25) is 36.3 Å². The highest BCUT2D eigenvalue weighted by molar-refractivity contribution is 7.90. The normalized spacial score (nSPS) is 25.4. The molecule has 1 aromatic heterocycles. The summed E-state index contributed by atoms with van der Waals surface area (Å²) in [6, 6.07) is 0. The van der Waals surface area contributed by atoms with E-state index >= 15 is 0 Å². The monoisotopic (exact) mass is 689 g/mol. The Hall–Kier alpha value is -2.42. The van der Waals surface area contributed by atoms with E-state index < -0.39 is 79.0 Å². The first-order valence-electron chi connectivity index (χ1n) is 14.6. The van der Waals surface area contributed by atoms with Gasteiger partial charge in [0.25, 0.3) is 15.7 Å². The van der Waals surface area contributed by atoms with Gasteiger partial charge in [0.2, 0.25) is 0 Å². The molecule has 14 nitrogen and oxygen atoms in total. The van der Waals surface area contributed by atoms with Crippen molar-refractivity contribution in [1.29, 1.82) is 0 Å². The molecule has 1 aromatic rings. The second-order valence-electron chi connectivity index (χ2n) is 14.6. The summed E-state index contributed by atoms with van der Waals surface area (Å²) in [7, 11) is -7.54. The summed E-state index contributed by atoms with van der Waals surface area (Å²) < 4.78 is 59.0. The molecule has 2 aliphatic rings. The van der Waals surface area contributed by atoms with E-state index in [0.29, 0.717) is 5.41 Å². The van der Waals surface area contributed by atoms with Crippen LogP contribution in [0.3, 0.4) is 0 Å². The lowest BCUT2D eigenvalue weighted by Crippen LogP contribution is -2.60. The minimum Gasteiger partial charge on any atom is -0.462 e. The van der Waals surface area contributed by atoms with Crippen LogP contribution in [-0.2, 0) is 49.3 Å². The van der Waals surface area contributed by atoms with Gasteiger partial charge < -0.3 is 23.6 Å². The third-order valence-electron chi connectivity index (χ3n) is 9.41. The molecule has 1 saturated heterocycles. The lowest BCUT2D eigenvalue weighted by Gasteiger charge is -2.44. The van der Waals surface area contributed by atoms with E-state index in [-0.39, 0.29) is 22.9 Å². The van der Waals surface area contributed by atoms with Crippen molar-refractivity contribution in [2.45, 2.75) is 109 Å². The number of esters is 1. The van der Waals surface area contributed by atoms with Crippen molar-refractivity contribution in [3.05, 3.63) is 43.7 Å². The molecule has 0 saturated carbocycles. The molecule has 0 bridgehead atoms. The van der Waals surface area contributed by atoms with E-state index in [4.69, 9.17) is 17.8 Å². The van der Waals surface area contributed by atoms with Crippen molar-refractivity contribution in [1.82, 2.24) is 14.5 Å². The SMILES string of the molecule is COC(=O)C(=O)NC1=CS(=O)(=O)O[C@@]12[C@@H](CO[Si](C)(C)C(C)(C)C)O[C@@H](n1cc(C)c(=O)n(C)c1=O)[C@@H]2O[Si](C)(C)C(C)(C)C. The summed E-state index contributed by atoms with van der Waals surface area (Å²) in [5.41, 5.74) is -3.49. The predicted molar refractivity (Wildman–Crippen MR) is 171 cm³/mol. The number of hydrogen-bond donors (Lipinski definition) is 1. The quantitative estimate of drug-likeness (QED) is 0.193. The van der Waals surface area contributed by atoms with Crippen molar-refractivity contribution in [3.63, 3.8) is 0 Å². The van der Waals surface area contributed by atoms with Crippen LogP contribution in [0, 0.1) is 6.92 Å². The van der Waals surface area contributed by atoms with E-state index in [1.165, 1.54) is 20.2 Å². The zero-order chi connectivity index (χ0) is 34.7. The fourth-order valence-electron chi connectivity index (χ4n) is 4.60. The topological polar surface area (TPSA) is 170 Å². The Kier molecular flexibility index (Phi) is 9.87. The smallest absolute Gasteiger partial charge is 0.396 e. The summed E-state index contributed by atoms with van der Waals surface area (Å²) in [6.45, 7) is 21.2. The van der Waals surface area contributed by atoms with Gasteiger partial charge in [0, 0.05) is 18.8 Å². The fraction of sp³-hybridized carbons (Fsp3) is 0.714. The highest BCUT2D eigenvalue weighted by Crippen LogP contribution is 2.52. The molecule has 45 heavy (non-hydrogen) atoms. The Morgan fingerprint density at radius 1 is 1.04 bits per heavy atom. The number of ether oxygens (including phenoxy) is 2. The van der Waals surface area contributed by atoms with Gasteiger partial charge in [0.15, 0.2) is 28.5 Å². The van der Waals surface area contributed by atoms with Crippen LogP contribution in [0.4, 0.5) is 0 Å². The molecular formula is C28H47N3O11SSi2. The summed E-state index contributed by atoms with van der Waals surface area (Å²) in [5, 5.41) is 2.39. The number of aryl methyl sites for hydroxylation is 1. The molecule has 17 heteroatoms. The third kappa shape index (κ3) is 6.84. The first-order chi connectivity index (χ1) is 20.2. The molecule has 0 radical (unpaired) electrons. The Balaban J connectivity index is 2.38. The standard InChI is InChI=1S/C28H47N3O11SSi2/c1-17-14-31(25(35)30(8)22(17)33)23-20(41-45(12,13)27(5,6)7)28(19(40-23)15-39-44(10,11)26(2,3)4)18(16-43(36,37)42-28)29-21(32)24(34)38-9/h14,16,19-20,23H,15H2,1-13H3,(H,29,32)/t19-,20+,23-,28-/m1/s1. The maximum atomic E-state index is 13.6. The Labute approximate surface area is 266 Å². The van der Waals surface area contributed by atoms with Gasteiger partial charge >= 0.3 is 17.6 Å². The first-order valence-corrected chi connectivity index (χ1v) is 21.8. The van der Waals surface area contributed by atoms with Gasteiger partial charge in [-0.25, -0.2) is 13.8 Å². The Bertz CT molecular complexity index is 1620. The van der Waals surface area contributed by atoms with Crippen molar-refractivity contribution >= 4 is 38.6 Å². The van der Waals surface area contributed by atoms with Crippen molar-refractivity contribution < 1.29 is 40.5 Å². The summed E-state index contributed by atoms with van der Waals surface area (Å²) in [6.07, 6.45) is -2.70. The molecule has 0 aromatic carbocycles. The Morgan fingerprint density at radius 3 is 2.11 bits per heavy atom. The van der Waals surface area contributed by atoms with Crippen LogP contribution in [-0.4, -0.2) is 77.6 Å². The van der Waals surface area contributed by atoms with Gasteiger partial charge in [-0.3, -0.25) is 18.7 Å². The maximum Gasteiger partial charge on any atom is 0.396 e. The lowest BCUT2D eigenvalue weighted by atomic mass is 9.89. The number of aromatic nitrogens is 2. The van der Waals surface area contributed by atoms with E-state index in [1.54, 1.807) is 0 Å². The molecule has 0 aliphatic carbocycles. The van der Waals surface area contributed by atoms with Gasteiger partial charge in [-0.2, -0.15) is 8.42 Å². The molecule has 3 heterocycles. The second kappa shape index (κ2) is 12.0. The number of nitrogens with zero attached hydrogens (tertiary/aromatic N) is 2. The molecule has 1 fully saturated rings. The summed E-state index contributed by atoms with van der Waals surface area (Å²) in [5.74, 6) is -2.52. The molecule has 4 atom stereocenters. The zero-order valence-corrected chi connectivity index (χ0v) is 31.2. The average molecular weight is 690 g/mol. The van der Waals surface area contributed by atoms with Crippen LogP contribution in [0.25, 0.3) is 0 Å². The predicted octanol–water partition coefficient (Wildman–Crippen LogP) is 2.39. The van der Waals surface area contributed by atoms with Gasteiger partial charge in [-0.05, 0) is 43.2 Å². The largest absolute Gasteiger partial charge is 0.462 e. The lowest BCUT2D eigenvalue weighted by molar-refractivity contribution is -0.152. The summed E-state index contributed by atoms with van der Waals surface area (Å²) in [4.78, 5) is 51.3. The minimum absolute atomic E-state index is 0.217. The molecule has 0 unspecified atom stereocenters. The second-order valence-corrected chi connectivity index (χ2v) is 25.6. The van der Waals surface area contributed by atoms with Crippen molar-refractivity contribution in [3.8, 4) is 0 Å². The number of carbonyl (C=O) groups excluding carboxylic acids is 2. The molecule has 3 rings (SSSR count). The van der Waals surface area contributed by atoms with E-state index in [1.807, 2.05) is 67.7 Å². The molecular weight excluding hydrogens is 643 g/mol. The van der Waals surface area contributed by atoms with Gasteiger partial charge in [0.05, 0.1) is 24.8 Å². The fourth-order valence-corrected chi connectivity index (χ4v) is 8.13. The molecule has 1 N–H and O–H groups in total. The van der Waals surface area contributed by atoms with E-state index in [0.717, 1.165) is 16.2 Å². The van der Waals surface area contributed by atoms with Gasteiger partial charge in [0.1, 0.15) is 12.2 Å². The third-order valence-corrected chi connectivity index (χ3v) is 19.4. The number of amides is 1. The maximum absolute atomic E-state index is 13.6. The Morgan fingerprint density at radius 2 is 1.60 bits per heavy atom. The van der Waals surface area contributed by atoms with E-state index in [2.05, 4.69) is 10.1 Å². The van der Waals surface area contributed by atoms with E-state index in [9.17, 15) is 27.6 Å². The molecule has 254 valence electrons. The van der Waals surface area contributed by atoms with Crippen molar-refractivity contribution in [2.24, 2.45) is 7.05 Å². The van der Waals surface area contributed by atoms with Crippen molar-refractivity contribution in [2.75, 3.05) is 13.7 Å². The molecule has 2 aliphatic heterocycles. The summed E-state index contributed by atoms with van der Waals surface area (Å²) >= 11 is 0. The number of hydrogen-bond acceptors (Lipinski definition) is 11. The highest BCUT2D eigenvalue weighted by Gasteiger charge is 2.68. The van der Waals surface area contributed by atoms with Gasteiger partial charge in [-0.15, -0.1) is 0 Å². The first kappa shape index (κ1) is 37.0. The number of rotatable bonds is 7. The van der Waals surface area contributed by atoms with Crippen LogP contribution in [0.5, 0.6) is 0 Å². The zero-order valence-electron chi connectivity index (χ0n) is 28.4. The molecule has 1 spiro atoms. The molecule has 1 amide bonds. The van der Waals surface area contributed by atoms with Crippen LogP contribution in [0.1, 0.15) is 53.3 Å². The van der Waals surface area contributed by atoms with Crippen LogP contribution in [0.15, 0.2) is 26.9 Å². The van der Waals surface area contributed by atoms with Gasteiger partial charge in [-0.1, -0.05) is 41.5 Å². The number of carbonyl (C=O) groups is 2. The number of nitrogens with one attached hydrogen (secondary N) is 1. The minimum atomic E-state index is -4.50. The van der Waals surface area contributed by atoms with Crippen LogP contribution < -0.4 is 16.6 Å². The average Bonchev–Trinajstić information content (AvgIpc) is 3.33. The van der Waals surface area contributed by atoms with Crippen LogP contribution >= 0.6 is 0 Å².